The molecule has 0 radical (unpaired) electrons. The van der Waals surface area contributed by atoms with Gasteiger partial charge in [-0.25, -0.2) is 4.99 Å². The van der Waals surface area contributed by atoms with Gasteiger partial charge in [-0.3, -0.25) is 0 Å². The van der Waals surface area contributed by atoms with E-state index in [1.54, 1.807) is 18.2 Å². The van der Waals surface area contributed by atoms with Crippen molar-refractivity contribution in [3.05, 3.63) is 54.1 Å². The highest BCUT2D eigenvalue weighted by atomic mass is 35.5. The number of aliphatic imine (C=N–C) groups is 1. The lowest BCUT2D eigenvalue weighted by molar-refractivity contribution is -0.0558. The molecule has 0 aliphatic carbocycles. The van der Waals surface area contributed by atoms with Gasteiger partial charge in [0.25, 0.3) is 0 Å². The second-order valence-corrected chi connectivity index (χ2v) is 4.59. The van der Waals surface area contributed by atoms with Crippen LogP contribution in [0, 0.1) is 6.92 Å². The monoisotopic (exact) mass is 297 g/mol. The van der Waals surface area contributed by atoms with Crippen molar-refractivity contribution >= 4 is 22.5 Å². The Morgan fingerprint density at radius 3 is 2.10 bits per heavy atom. The van der Waals surface area contributed by atoms with Gasteiger partial charge < -0.3 is 0 Å². The first-order chi connectivity index (χ1) is 9.39. The summed E-state index contributed by atoms with van der Waals surface area (Å²) in [6, 6.07) is 14.0. The minimum atomic E-state index is -4.64. The Hall–Kier alpha value is -1.81. The molecule has 2 aromatic rings. The standard InChI is InChI=1S/C15H11ClF3N/c1-10-6-2-3-7-11(10)12-8-4-5-9-13(12)20-14(16)15(17,18)19/h2-9H,1H3. The van der Waals surface area contributed by atoms with Gasteiger partial charge in [-0.15, -0.1) is 0 Å². The van der Waals surface area contributed by atoms with Crippen molar-refractivity contribution in [1.29, 1.82) is 0 Å². The average molecular weight is 298 g/mol. The molecule has 0 saturated heterocycles. The lowest BCUT2D eigenvalue weighted by Gasteiger charge is -2.10. The van der Waals surface area contributed by atoms with E-state index in [0.29, 0.717) is 5.56 Å². The third kappa shape index (κ3) is 3.20. The fourth-order valence-electron chi connectivity index (χ4n) is 1.84. The van der Waals surface area contributed by atoms with Crippen molar-refractivity contribution in [2.45, 2.75) is 13.1 Å². The number of para-hydroxylation sites is 1. The van der Waals surface area contributed by atoms with Gasteiger partial charge in [-0.2, -0.15) is 13.2 Å². The molecule has 0 aliphatic rings. The molecule has 5 heteroatoms. The van der Waals surface area contributed by atoms with Gasteiger partial charge in [0.2, 0.25) is 5.17 Å². The number of hydrogen-bond acceptors (Lipinski definition) is 1. The Balaban J connectivity index is 2.56. The number of aryl methyl sites for hydroxylation is 1. The zero-order chi connectivity index (χ0) is 14.8. The van der Waals surface area contributed by atoms with E-state index in [2.05, 4.69) is 4.99 Å². The quantitative estimate of drug-likeness (QED) is 0.650. The van der Waals surface area contributed by atoms with Crippen molar-refractivity contribution in [2.24, 2.45) is 4.99 Å². The molecular formula is C15H11ClF3N. The molecule has 0 bridgehead atoms. The molecular weight excluding hydrogens is 287 g/mol. The largest absolute Gasteiger partial charge is 0.444 e. The highest BCUT2D eigenvalue weighted by molar-refractivity contribution is 6.67. The second kappa shape index (κ2) is 5.67. The molecule has 0 fully saturated rings. The van der Waals surface area contributed by atoms with Crippen LogP contribution in [0.3, 0.4) is 0 Å². The topological polar surface area (TPSA) is 12.4 Å². The van der Waals surface area contributed by atoms with E-state index in [4.69, 9.17) is 11.6 Å². The predicted octanol–water partition coefficient (Wildman–Crippen LogP) is 5.49. The predicted molar refractivity (Wildman–Crippen MR) is 75.6 cm³/mol. The second-order valence-electron chi connectivity index (χ2n) is 4.23. The summed E-state index contributed by atoms with van der Waals surface area (Å²) in [6.45, 7) is 1.89. The molecule has 104 valence electrons. The van der Waals surface area contributed by atoms with Crippen LogP contribution in [0.2, 0.25) is 0 Å². The summed E-state index contributed by atoms with van der Waals surface area (Å²) in [5, 5.41) is -1.38. The third-order valence-electron chi connectivity index (χ3n) is 2.79. The maximum absolute atomic E-state index is 12.5. The van der Waals surface area contributed by atoms with E-state index in [9.17, 15) is 13.2 Å². The van der Waals surface area contributed by atoms with Crippen LogP contribution in [0.1, 0.15) is 5.56 Å². The lowest BCUT2D eigenvalue weighted by Crippen LogP contribution is -2.16. The Bertz CT molecular complexity index is 648. The van der Waals surface area contributed by atoms with Gasteiger partial charge in [-0.05, 0) is 24.1 Å². The molecule has 0 heterocycles. The molecule has 20 heavy (non-hydrogen) atoms. The van der Waals surface area contributed by atoms with Gasteiger partial charge in [-0.1, -0.05) is 54.1 Å². The summed E-state index contributed by atoms with van der Waals surface area (Å²) in [7, 11) is 0. The van der Waals surface area contributed by atoms with Crippen LogP contribution < -0.4 is 0 Å². The molecule has 0 N–H and O–H groups in total. The van der Waals surface area contributed by atoms with Crippen molar-refractivity contribution < 1.29 is 13.2 Å². The van der Waals surface area contributed by atoms with Crippen molar-refractivity contribution in [1.82, 2.24) is 0 Å². The Kier molecular flexibility index (Phi) is 4.14. The molecule has 1 nitrogen and oxygen atoms in total. The average Bonchev–Trinajstić information content (AvgIpc) is 2.39. The molecule has 0 amide bonds. The number of hydrogen-bond donors (Lipinski definition) is 0. The highest BCUT2D eigenvalue weighted by Gasteiger charge is 2.34. The number of benzene rings is 2. The SMILES string of the molecule is Cc1ccccc1-c1ccccc1N=C(Cl)C(F)(F)F. The maximum Gasteiger partial charge on any atom is 0.444 e. The van der Waals surface area contributed by atoms with Crippen LogP contribution in [0.5, 0.6) is 0 Å². The molecule has 0 unspecified atom stereocenters. The Labute approximate surface area is 119 Å². The van der Waals surface area contributed by atoms with Crippen molar-refractivity contribution in [3.63, 3.8) is 0 Å². The zero-order valence-corrected chi connectivity index (χ0v) is 11.3. The lowest BCUT2D eigenvalue weighted by atomic mass is 9.99. The van der Waals surface area contributed by atoms with E-state index in [-0.39, 0.29) is 5.69 Å². The van der Waals surface area contributed by atoms with E-state index in [1.807, 2.05) is 31.2 Å². The van der Waals surface area contributed by atoms with Gasteiger partial charge >= 0.3 is 6.18 Å². The van der Waals surface area contributed by atoms with Crippen LogP contribution in [0.15, 0.2) is 53.5 Å². The van der Waals surface area contributed by atoms with E-state index in [1.165, 1.54) is 6.07 Å². The van der Waals surface area contributed by atoms with Gasteiger partial charge in [0, 0.05) is 5.56 Å². The van der Waals surface area contributed by atoms with Crippen LogP contribution in [0.25, 0.3) is 11.1 Å². The molecule has 2 aromatic carbocycles. The van der Waals surface area contributed by atoms with E-state index >= 15 is 0 Å². The molecule has 0 saturated carbocycles. The van der Waals surface area contributed by atoms with Crippen molar-refractivity contribution in [3.8, 4) is 11.1 Å². The van der Waals surface area contributed by atoms with Crippen LogP contribution in [-0.4, -0.2) is 11.3 Å². The number of nitrogens with zero attached hydrogens (tertiary/aromatic N) is 1. The highest BCUT2D eigenvalue weighted by Crippen LogP contribution is 2.34. The summed E-state index contributed by atoms with van der Waals surface area (Å²) < 4.78 is 37.5. The molecule has 2 rings (SSSR count). The normalized spacial score (nSPS) is 12.6. The first-order valence-electron chi connectivity index (χ1n) is 5.86. The molecule has 0 spiro atoms. The van der Waals surface area contributed by atoms with E-state index < -0.39 is 11.3 Å². The molecule has 0 atom stereocenters. The van der Waals surface area contributed by atoms with Crippen LogP contribution in [-0.2, 0) is 0 Å². The first kappa shape index (κ1) is 14.6. The molecule has 0 aromatic heterocycles. The Morgan fingerprint density at radius 1 is 0.950 bits per heavy atom. The fourth-order valence-corrected chi connectivity index (χ4v) is 1.93. The minimum Gasteiger partial charge on any atom is -0.232 e. The van der Waals surface area contributed by atoms with Crippen LogP contribution in [0.4, 0.5) is 18.9 Å². The first-order valence-corrected chi connectivity index (χ1v) is 6.24. The summed E-state index contributed by atoms with van der Waals surface area (Å²) in [4.78, 5) is 3.50. The third-order valence-corrected chi connectivity index (χ3v) is 3.09. The van der Waals surface area contributed by atoms with Gasteiger partial charge in [0.05, 0.1) is 5.69 Å². The van der Waals surface area contributed by atoms with Gasteiger partial charge in [0.15, 0.2) is 0 Å². The summed E-state index contributed by atoms with van der Waals surface area (Å²) in [5.74, 6) is 0. The van der Waals surface area contributed by atoms with Crippen molar-refractivity contribution in [2.75, 3.05) is 0 Å². The van der Waals surface area contributed by atoms with Crippen LogP contribution >= 0.6 is 11.6 Å². The van der Waals surface area contributed by atoms with E-state index in [0.717, 1.165) is 11.1 Å². The summed E-state index contributed by atoms with van der Waals surface area (Å²) in [5.41, 5.74) is 2.61. The number of rotatable bonds is 2. The molecule has 0 aliphatic heterocycles. The smallest absolute Gasteiger partial charge is 0.232 e. The maximum atomic E-state index is 12.5. The number of alkyl halides is 3. The van der Waals surface area contributed by atoms with Gasteiger partial charge in [0.1, 0.15) is 0 Å². The fraction of sp³-hybridized carbons (Fsp3) is 0.133. The number of halogens is 4. The zero-order valence-electron chi connectivity index (χ0n) is 10.6. The summed E-state index contributed by atoms with van der Waals surface area (Å²) >= 11 is 5.22. The minimum absolute atomic E-state index is 0.198. The summed E-state index contributed by atoms with van der Waals surface area (Å²) in [6.07, 6.45) is -4.64. The Morgan fingerprint density at radius 2 is 1.50 bits per heavy atom.